The van der Waals surface area contributed by atoms with Crippen LogP contribution in [-0.2, 0) is 15.1 Å². The molecule has 1 aliphatic carbocycles. The predicted octanol–water partition coefficient (Wildman–Crippen LogP) is 6.46. The second kappa shape index (κ2) is 11.6. The minimum atomic E-state index is -1.10. The number of rotatable bonds is 9. The highest BCUT2D eigenvalue weighted by Crippen LogP contribution is 2.43. The first kappa shape index (κ1) is 27.1. The van der Waals surface area contributed by atoms with Crippen LogP contribution < -0.4 is 5.32 Å². The van der Waals surface area contributed by atoms with Crippen LogP contribution in [-0.4, -0.2) is 32.6 Å². The first-order chi connectivity index (χ1) is 17.7. The Morgan fingerprint density at radius 2 is 1.92 bits per heavy atom. The monoisotopic (exact) mass is 526 g/mol. The fraction of sp³-hybridized carbons (Fsp3) is 0.500. The molecule has 3 aromatic rings. The number of nitrogens with one attached hydrogen (secondary N) is 1. The summed E-state index contributed by atoms with van der Waals surface area (Å²) in [5.41, 5.74) is 1.14. The van der Waals surface area contributed by atoms with Gasteiger partial charge in [-0.05, 0) is 88.1 Å². The van der Waals surface area contributed by atoms with Crippen molar-refractivity contribution in [3.05, 3.63) is 52.5 Å². The van der Waals surface area contributed by atoms with Gasteiger partial charge in [-0.15, -0.1) is 11.3 Å². The lowest BCUT2D eigenvalue weighted by Crippen LogP contribution is -2.36. The third-order valence-corrected chi connectivity index (χ3v) is 8.31. The Hall–Kier alpha value is -2.91. The number of esters is 1. The molecule has 7 nitrogen and oxygen atoms in total. The van der Waals surface area contributed by atoms with Gasteiger partial charge in [-0.3, -0.25) is 4.79 Å². The number of thiazole rings is 1. The third kappa shape index (κ3) is 6.51. The number of aliphatic hydroxyl groups is 1. The summed E-state index contributed by atoms with van der Waals surface area (Å²) >= 11 is 1.43. The number of nitrogens with zero attached hydrogens (tertiary/aromatic N) is 3. The first-order valence-electron chi connectivity index (χ1n) is 12.9. The first-order valence-corrected chi connectivity index (χ1v) is 13.7. The van der Waals surface area contributed by atoms with Crippen LogP contribution in [0.2, 0.25) is 0 Å². The number of ether oxygens (including phenoxy) is 1. The predicted molar refractivity (Wildman–Crippen MR) is 143 cm³/mol. The molecule has 9 heteroatoms. The lowest BCUT2D eigenvalue weighted by Gasteiger charge is -2.36. The molecule has 0 amide bonds. The number of hydrogen-bond acceptors (Lipinski definition) is 8. The number of unbranched alkanes of at least 4 members (excludes halogenated alkanes) is 1. The van der Waals surface area contributed by atoms with Gasteiger partial charge in [-0.1, -0.05) is 13.3 Å². The van der Waals surface area contributed by atoms with E-state index in [9.17, 15) is 14.3 Å². The number of aryl methyl sites for hydroxylation is 2. The van der Waals surface area contributed by atoms with Crippen molar-refractivity contribution >= 4 is 28.9 Å². The van der Waals surface area contributed by atoms with Gasteiger partial charge in [0.25, 0.3) is 0 Å². The van der Waals surface area contributed by atoms with Crippen molar-refractivity contribution < 1.29 is 19.0 Å². The summed E-state index contributed by atoms with van der Waals surface area (Å²) in [7, 11) is 0. The maximum absolute atomic E-state index is 13.6. The van der Waals surface area contributed by atoms with Crippen LogP contribution in [0.3, 0.4) is 0 Å². The van der Waals surface area contributed by atoms with Gasteiger partial charge in [-0.2, -0.15) is 0 Å². The molecule has 0 radical (unpaired) electrons. The minimum Gasteiger partial charge on any atom is -0.465 e. The maximum atomic E-state index is 13.6. The Kier molecular flexibility index (Phi) is 8.54. The van der Waals surface area contributed by atoms with Gasteiger partial charge in [0.05, 0.1) is 29.3 Å². The Labute approximate surface area is 221 Å². The molecule has 0 saturated heterocycles. The van der Waals surface area contributed by atoms with Crippen molar-refractivity contribution in [2.75, 3.05) is 11.9 Å². The Morgan fingerprint density at radius 3 is 2.62 bits per heavy atom. The molecule has 37 heavy (non-hydrogen) atoms. The van der Waals surface area contributed by atoms with Crippen LogP contribution in [0.4, 0.5) is 16.0 Å². The molecular formula is C28H35FN4O3S. The molecule has 0 aliphatic heterocycles. The van der Waals surface area contributed by atoms with E-state index in [1.54, 1.807) is 19.2 Å². The second-order valence-electron chi connectivity index (χ2n) is 10.1. The van der Waals surface area contributed by atoms with Crippen molar-refractivity contribution in [1.82, 2.24) is 15.0 Å². The molecule has 0 unspecified atom stereocenters. The Bertz CT molecular complexity index is 1240. The lowest BCUT2D eigenvalue weighted by atomic mass is 9.74. The van der Waals surface area contributed by atoms with Gasteiger partial charge < -0.3 is 15.2 Å². The number of aromatic nitrogens is 3. The number of halogens is 1. The summed E-state index contributed by atoms with van der Waals surface area (Å²) in [6.45, 7) is 8.04. The van der Waals surface area contributed by atoms with Crippen molar-refractivity contribution in [3.63, 3.8) is 0 Å². The second-order valence-corrected chi connectivity index (χ2v) is 11.1. The molecule has 3 heterocycles. The average molecular weight is 527 g/mol. The average Bonchev–Trinajstić information content (AvgIpc) is 3.38. The van der Waals surface area contributed by atoms with Gasteiger partial charge >= 0.3 is 5.97 Å². The number of carbonyl (C=O) groups is 1. The van der Waals surface area contributed by atoms with E-state index in [1.807, 2.05) is 26.0 Å². The van der Waals surface area contributed by atoms with E-state index >= 15 is 0 Å². The fourth-order valence-electron chi connectivity index (χ4n) is 4.72. The number of carbonyl (C=O) groups excluding carboxylic acids is 1. The van der Waals surface area contributed by atoms with Crippen LogP contribution in [0.1, 0.15) is 68.5 Å². The molecular weight excluding hydrogens is 491 g/mol. The molecule has 4 rings (SSSR count). The zero-order valence-electron chi connectivity index (χ0n) is 21.9. The topological polar surface area (TPSA) is 97.2 Å². The molecule has 1 fully saturated rings. The van der Waals surface area contributed by atoms with Crippen LogP contribution in [0.15, 0.2) is 30.6 Å². The largest absolute Gasteiger partial charge is 0.465 e. The van der Waals surface area contributed by atoms with Gasteiger partial charge in [0.2, 0.25) is 0 Å². The van der Waals surface area contributed by atoms with E-state index in [0.717, 1.165) is 54.7 Å². The van der Waals surface area contributed by atoms with E-state index in [0.29, 0.717) is 28.8 Å². The number of hydrogen-bond donors (Lipinski definition) is 2. The van der Waals surface area contributed by atoms with E-state index in [2.05, 4.69) is 22.2 Å². The number of pyridine rings is 2. The molecule has 3 aromatic heterocycles. The van der Waals surface area contributed by atoms with E-state index in [-0.39, 0.29) is 23.6 Å². The quantitative estimate of drug-likeness (QED) is 0.244. The normalized spacial score (nSPS) is 19.3. The van der Waals surface area contributed by atoms with Gasteiger partial charge in [0.1, 0.15) is 28.1 Å². The van der Waals surface area contributed by atoms with Gasteiger partial charge in [-0.25, -0.2) is 19.3 Å². The van der Waals surface area contributed by atoms with Crippen LogP contribution >= 0.6 is 11.3 Å². The van der Waals surface area contributed by atoms with Gasteiger partial charge in [0.15, 0.2) is 0 Å². The lowest BCUT2D eigenvalue weighted by molar-refractivity contribution is -0.151. The summed E-state index contributed by atoms with van der Waals surface area (Å²) in [4.78, 5) is 26.6. The third-order valence-electron chi connectivity index (χ3n) is 7.06. The number of anilines is 2. The van der Waals surface area contributed by atoms with E-state index < -0.39 is 5.60 Å². The molecule has 0 spiro atoms. The van der Waals surface area contributed by atoms with Crippen LogP contribution in [0, 0.1) is 31.5 Å². The van der Waals surface area contributed by atoms with Crippen molar-refractivity contribution in [3.8, 4) is 10.6 Å². The molecule has 0 aromatic carbocycles. The Balaban J connectivity index is 1.44. The minimum absolute atomic E-state index is 0.0154. The smallest absolute Gasteiger partial charge is 0.308 e. The fourth-order valence-corrected chi connectivity index (χ4v) is 5.73. The molecule has 1 saturated carbocycles. The zero-order valence-corrected chi connectivity index (χ0v) is 22.7. The van der Waals surface area contributed by atoms with Crippen LogP contribution in [0.25, 0.3) is 10.6 Å². The van der Waals surface area contributed by atoms with E-state index in [4.69, 9.17) is 9.72 Å². The molecule has 198 valence electrons. The highest BCUT2D eigenvalue weighted by atomic mass is 32.1. The van der Waals surface area contributed by atoms with Gasteiger partial charge in [0, 0.05) is 6.20 Å². The molecule has 1 atom stereocenters. The zero-order chi connectivity index (χ0) is 26.6. The standard InChI is InChI=1S/C28H35FN4O3S/c1-5-6-11-36-26(34)19-7-9-20(10-8-19)28(4,35)27-31-16-23(37-27)22-12-17(2)13-25(32-22)33-24-14-18(3)21(29)15-30-24/h12-16,19-20,35H,5-11H2,1-4H3,(H,30,32,33)/t19?,20?,28-/m1/s1. The van der Waals surface area contributed by atoms with Crippen molar-refractivity contribution in [2.24, 2.45) is 11.8 Å². The summed E-state index contributed by atoms with van der Waals surface area (Å²) in [5.74, 6) is 0.580. The van der Waals surface area contributed by atoms with Crippen molar-refractivity contribution in [1.29, 1.82) is 0 Å². The highest BCUT2D eigenvalue weighted by Gasteiger charge is 2.40. The molecule has 0 bridgehead atoms. The summed E-state index contributed by atoms with van der Waals surface area (Å²) < 4.78 is 19.0. The maximum Gasteiger partial charge on any atom is 0.308 e. The molecule has 2 N–H and O–H groups in total. The van der Waals surface area contributed by atoms with E-state index in [1.165, 1.54) is 17.5 Å². The summed E-state index contributed by atoms with van der Waals surface area (Å²) in [6, 6.07) is 5.50. The Morgan fingerprint density at radius 1 is 1.16 bits per heavy atom. The summed E-state index contributed by atoms with van der Waals surface area (Å²) in [5, 5.41) is 15.3. The summed E-state index contributed by atoms with van der Waals surface area (Å²) in [6.07, 6.45) is 7.75. The SMILES string of the molecule is CCCCOC(=O)C1CCC([C@@](C)(O)c2ncc(-c3cc(C)cc(Nc4cc(C)c(F)cn4)n3)s2)CC1. The molecule has 1 aliphatic rings. The highest BCUT2D eigenvalue weighted by molar-refractivity contribution is 7.15. The van der Waals surface area contributed by atoms with Crippen molar-refractivity contribution in [2.45, 2.75) is 71.8 Å². The van der Waals surface area contributed by atoms with Crippen LogP contribution in [0.5, 0.6) is 0 Å².